The molecular formula is C16H18F2N2. The molecule has 0 aliphatic rings. The topological polar surface area (TPSA) is 38.0 Å². The van der Waals surface area contributed by atoms with E-state index in [0.717, 1.165) is 28.3 Å². The minimum atomic E-state index is -0.871. The minimum Gasteiger partial charge on any atom is -0.271 e. The molecule has 2 rings (SSSR count). The minimum absolute atomic E-state index is 0.207. The smallest absolute Gasteiger partial charge is 0.163 e. The average Bonchev–Trinajstić information content (AvgIpc) is 2.41. The summed E-state index contributed by atoms with van der Waals surface area (Å²) in [4.78, 5) is 0. The number of halogens is 2. The van der Waals surface area contributed by atoms with Gasteiger partial charge in [0.15, 0.2) is 11.6 Å². The van der Waals surface area contributed by atoms with E-state index < -0.39 is 17.7 Å². The van der Waals surface area contributed by atoms with Crippen molar-refractivity contribution in [2.45, 2.75) is 26.8 Å². The van der Waals surface area contributed by atoms with Gasteiger partial charge in [0, 0.05) is 5.56 Å². The molecule has 0 bridgehead atoms. The van der Waals surface area contributed by atoms with Crippen molar-refractivity contribution in [2.75, 3.05) is 0 Å². The second-order valence-electron chi connectivity index (χ2n) is 5.04. The summed E-state index contributed by atoms with van der Waals surface area (Å²) in [7, 11) is 0. The Labute approximate surface area is 117 Å². The average molecular weight is 276 g/mol. The van der Waals surface area contributed by atoms with Gasteiger partial charge in [-0.2, -0.15) is 0 Å². The van der Waals surface area contributed by atoms with Gasteiger partial charge in [0.2, 0.25) is 0 Å². The van der Waals surface area contributed by atoms with Crippen molar-refractivity contribution in [1.82, 2.24) is 5.43 Å². The zero-order valence-electron chi connectivity index (χ0n) is 11.8. The summed E-state index contributed by atoms with van der Waals surface area (Å²) >= 11 is 0. The first kappa shape index (κ1) is 14.6. The van der Waals surface area contributed by atoms with E-state index in [-0.39, 0.29) is 5.56 Å². The fourth-order valence-electron chi connectivity index (χ4n) is 2.38. The summed E-state index contributed by atoms with van der Waals surface area (Å²) in [5, 5.41) is 0. The molecule has 0 saturated carbocycles. The molecule has 0 radical (unpaired) electrons. The van der Waals surface area contributed by atoms with E-state index in [9.17, 15) is 8.78 Å². The number of nitrogens with two attached hydrogens (primary N) is 1. The number of benzene rings is 2. The van der Waals surface area contributed by atoms with Crippen molar-refractivity contribution in [1.29, 1.82) is 0 Å². The largest absolute Gasteiger partial charge is 0.271 e. The molecule has 0 amide bonds. The van der Waals surface area contributed by atoms with Gasteiger partial charge in [0.05, 0.1) is 6.04 Å². The van der Waals surface area contributed by atoms with Crippen molar-refractivity contribution in [3.63, 3.8) is 0 Å². The standard InChI is InChI=1S/C16H18F2N2/c1-9-7-11(3)13(8-10(9)2)16(20-19)12-5-4-6-14(17)15(12)18/h4-8,16,20H,19H2,1-3H3. The summed E-state index contributed by atoms with van der Waals surface area (Å²) in [6.45, 7) is 5.93. The van der Waals surface area contributed by atoms with Crippen LogP contribution in [0.25, 0.3) is 0 Å². The Hall–Kier alpha value is -1.78. The van der Waals surface area contributed by atoms with Crippen LogP contribution in [0, 0.1) is 32.4 Å². The predicted octanol–water partition coefficient (Wildman–Crippen LogP) is 3.44. The van der Waals surface area contributed by atoms with E-state index in [1.165, 1.54) is 12.1 Å². The van der Waals surface area contributed by atoms with Gasteiger partial charge < -0.3 is 0 Å². The van der Waals surface area contributed by atoms with E-state index in [2.05, 4.69) is 5.43 Å². The number of hydrogen-bond acceptors (Lipinski definition) is 2. The number of hydrazine groups is 1. The number of aryl methyl sites for hydroxylation is 3. The van der Waals surface area contributed by atoms with Crippen LogP contribution < -0.4 is 11.3 Å². The highest BCUT2D eigenvalue weighted by Gasteiger charge is 2.20. The summed E-state index contributed by atoms with van der Waals surface area (Å²) in [6, 6.07) is 7.52. The second-order valence-corrected chi connectivity index (χ2v) is 5.04. The first-order valence-electron chi connectivity index (χ1n) is 6.43. The van der Waals surface area contributed by atoms with Crippen LogP contribution in [-0.4, -0.2) is 0 Å². The number of nitrogens with one attached hydrogen (secondary N) is 1. The molecule has 1 unspecified atom stereocenters. The van der Waals surface area contributed by atoms with Gasteiger partial charge >= 0.3 is 0 Å². The molecule has 4 heteroatoms. The van der Waals surface area contributed by atoms with Crippen LogP contribution >= 0.6 is 0 Å². The monoisotopic (exact) mass is 276 g/mol. The molecule has 0 aromatic heterocycles. The summed E-state index contributed by atoms with van der Waals surface area (Å²) in [5.74, 6) is 3.84. The Morgan fingerprint density at radius 3 is 2.25 bits per heavy atom. The third-order valence-electron chi connectivity index (χ3n) is 3.65. The van der Waals surface area contributed by atoms with E-state index in [4.69, 9.17) is 5.84 Å². The molecule has 2 aromatic rings. The molecule has 0 saturated heterocycles. The molecule has 2 nitrogen and oxygen atoms in total. The maximum atomic E-state index is 14.0. The highest BCUT2D eigenvalue weighted by atomic mass is 19.2. The molecule has 0 aliphatic heterocycles. The molecule has 0 heterocycles. The van der Waals surface area contributed by atoms with Crippen LogP contribution in [0.2, 0.25) is 0 Å². The SMILES string of the molecule is Cc1cc(C)c(C(NN)c2cccc(F)c2F)cc1C. The van der Waals surface area contributed by atoms with Crippen molar-refractivity contribution < 1.29 is 8.78 Å². The maximum Gasteiger partial charge on any atom is 0.163 e. The molecular weight excluding hydrogens is 258 g/mol. The van der Waals surface area contributed by atoms with E-state index in [1.54, 1.807) is 0 Å². The van der Waals surface area contributed by atoms with Gasteiger partial charge in [-0.15, -0.1) is 0 Å². The molecule has 106 valence electrons. The maximum absolute atomic E-state index is 14.0. The van der Waals surface area contributed by atoms with E-state index in [1.807, 2.05) is 32.9 Å². The second kappa shape index (κ2) is 5.69. The fourth-order valence-corrected chi connectivity index (χ4v) is 2.38. The zero-order chi connectivity index (χ0) is 14.9. The third-order valence-corrected chi connectivity index (χ3v) is 3.65. The lowest BCUT2D eigenvalue weighted by Crippen LogP contribution is -2.30. The van der Waals surface area contributed by atoms with Crippen LogP contribution in [0.15, 0.2) is 30.3 Å². The van der Waals surface area contributed by atoms with Crippen molar-refractivity contribution >= 4 is 0 Å². The van der Waals surface area contributed by atoms with Crippen molar-refractivity contribution in [3.8, 4) is 0 Å². The van der Waals surface area contributed by atoms with E-state index in [0.29, 0.717) is 0 Å². The first-order valence-corrected chi connectivity index (χ1v) is 6.43. The van der Waals surface area contributed by atoms with Crippen LogP contribution in [0.1, 0.15) is 33.9 Å². The van der Waals surface area contributed by atoms with Gasteiger partial charge in [-0.05, 0) is 49.1 Å². The number of rotatable bonds is 3. The van der Waals surface area contributed by atoms with E-state index >= 15 is 0 Å². The van der Waals surface area contributed by atoms with Crippen molar-refractivity contribution in [3.05, 3.63) is 69.8 Å². The highest BCUT2D eigenvalue weighted by molar-refractivity contribution is 5.42. The lowest BCUT2D eigenvalue weighted by atomic mass is 9.92. The molecule has 0 aliphatic carbocycles. The van der Waals surface area contributed by atoms with Gasteiger partial charge in [-0.3, -0.25) is 5.84 Å². The Kier molecular flexibility index (Phi) is 4.16. The predicted molar refractivity (Wildman–Crippen MR) is 76.2 cm³/mol. The van der Waals surface area contributed by atoms with Gasteiger partial charge in [0.1, 0.15) is 0 Å². The first-order chi connectivity index (χ1) is 9.45. The quantitative estimate of drug-likeness (QED) is 0.665. The fraction of sp³-hybridized carbons (Fsp3) is 0.250. The Bertz CT molecular complexity index is 639. The van der Waals surface area contributed by atoms with Crippen LogP contribution in [-0.2, 0) is 0 Å². The molecule has 1 atom stereocenters. The Balaban J connectivity index is 2.58. The number of hydrogen-bond donors (Lipinski definition) is 2. The van der Waals surface area contributed by atoms with Crippen LogP contribution in [0.5, 0.6) is 0 Å². The summed E-state index contributed by atoms with van der Waals surface area (Å²) < 4.78 is 27.4. The normalized spacial score (nSPS) is 12.5. The van der Waals surface area contributed by atoms with Crippen LogP contribution in [0.4, 0.5) is 8.78 Å². The molecule has 0 fully saturated rings. The lowest BCUT2D eigenvalue weighted by molar-refractivity contribution is 0.482. The Morgan fingerprint density at radius 2 is 1.60 bits per heavy atom. The molecule has 20 heavy (non-hydrogen) atoms. The van der Waals surface area contributed by atoms with Crippen molar-refractivity contribution in [2.24, 2.45) is 5.84 Å². The zero-order valence-corrected chi connectivity index (χ0v) is 11.8. The molecule has 3 N–H and O–H groups in total. The third kappa shape index (κ3) is 2.57. The van der Waals surface area contributed by atoms with Gasteiger partial charge in [-0.1, -0.05) is 24.3 Å². The molecule has 2 aromatic carbocycles. The van der Waals surface area contributed by atoms with Gasteiger partial charge in [-0.25, -0.2) is 14.2 Å². The summed E-state index contributed by atoms with van der Waals surface area (Å²) in [5.41, 5.74) is 6.86. The summed E-state index contributed by atoms with van der Waals surface area (Å²) in [6.07, 6.45) is 0. The highest BCUT2D eigenvalue weighted by Crippen LogP contribution is 2.29. The molecule has 0 spiro atoms. The lowest BCUT2D eigenvalue weighted by Gasteiger charge is -2.21. The Morgan fingerprint density at radius 1 is 0.950 bits per heavy atom. The van der Waals surface area contributed by atoms with Gasteiger partial charge in [0.25, 0.3) is 0 Å². The van der Waals surface area contributed by atoms with Crippen LogP contribution in [0.3, 0.4) is 0 Å².